The summed E-state index contributed by atoms with van der Waals surface area (Å²) in [5, 5.41) is 39.3. The van der Waals surface area contributed by atoms with Gasteiger partial charge in [-0.3, -0.25) is 14.0 Å². The Morgan fingerprint density at radius 3 is 2.21 bits per heavy atom. The number of aromatic nitrogens is 3. The maximum atomic E-state index is 13.0. The number of nitriles is 1. The second-order valence-corrected chi connectivity index (χ2v) is 16.0. The van der Waals surface area contributed by atoms with Gasteiger partial charge in [-0.1, -0.05) is 109 Å². The first kappa shape index (κ1) is 45.1. The highest BCUT2D eigenvalue weighted by Gasteiger charge is 2.58. The van der Waals surface area contributed by atoms with Crippen molar-refractivity contribution in [3.8, 4) is 6.07 Å². The van der Waals surface area contributed by atoms with E-state index in [1.54, 1.807) is 24.3 Å². The van der Waals surface area contributed by atoms with E-state index in [0.717, 1.165) is 19.3 Å². The number of hydrogen-bond acceptors (Lipinski definition) is 12. The Labute approximate surface area is 330 Å². The topological polar surface area (TPSA) is 211 Å². The molecule has 0 aromatic carbocycles. The molecule has 1 fully saturated rings. The summed E-state index contributed by atoms with van der Waals surface area (Å²) in [7, 11) is -4.74. The molecule has 0 spiro atoms. The van der Waals surface area contributed by atoms with Gasteiger partial charge in [0.15, 0.2) is 0 Å². The van der Waals surface area contributed by atoms with E-state index in [2.05, 4.69) is 27.2 Å². The first-order chi connectivity index (χ1) is 27.1. The van der Waals surface area contributed by atoms with Crippen molar-refractivity contribution in [1.29, 1.82) is 5.26 Å². The van der Waals surface area contributed by atoms with Gasteiger partial charge < -0.3 is 35.6 Å². The Hall–Kier alpha value is -3.63. The van der Waals surface area contributed by atoms with Gasteiger partial charge in [0.2, 0.25) is 11.3 Å². The third-order valence-corrected chi connectivity index (χ3v) is 11.1. The second-order valence-electron chi connectivity index (χ2n) is 14.5. The summed E-state index contributed by atoms with van der Waals surface area (Å²) in [4.78, 5) is 18.2. The molecule has 308 valence electrons. The summed E-state index contributed by atoms with van der Waals surface area (Å²) in [5.74, 6) is 0.421. The highest BCUT2D eigenvalue weighted by atomic mass is 31.2. The van der Waals surface area contributed by atoms with E-state index in [1.807, 2.05) is 6.07 Å². The van der Waals surface area contributed by atoms with Crippen LogP contribution in [0.5, 0.6) is 0 Å². The minimum absolute atomic E-state index is 0.117. The zero-order valence-corrected chi connectivity index (χ0v) is 33.5. The molecule has 4 heterocycles. The van der Waals surface area contributed by atoms with Crippen LogP contribution in [0.1, 0.15) is 115 Å². The number of hydrogen-bond donors (Lipinski definition) is 5. The predicted octanol–water partition coefficient (Wildman–Crippen LogP) is 7.59. The summed E-state index contributed by atoms with van der Waals surface area (Å²) in [5.41, 5.74) is 5.26. The lowest BCUT2D eigenvalue weighted by molar-refractivity contribution is -0.0644. The summed E-state index contributed by atoms with van der Waals surface area (Å²) in [6.45, 7) is 9.07. The standard InChI is InChI=1S/C40H60N7O8P/c1-3-4-5-6-7-8-9-10-11-12-13-14-15-16-17-18-25-52-27-32(46-37-22-19-31(43-2)26-44-37)28-53-56(50,51)54-29-35-38(48)39(49)40(30-41,55-35)36-21-20-34-33(42)23-24-45-47(34)36/h19-24,26,32,35,38-39,48-49H,3-18,25,27-29,42H2,1H3,(H,44,46)(H,50,51)/t32-,35-,38-,39-,40+/m1/s1. The molecule has 0 bridgehead atoms. The van der Waals surface area contributed by atoms with Crippen LogP contribution < -0.4 is 11.1 Å². The van der Waals surface area contributed by atoms with E-state index in [9.17, 15) is 24.9 Å². The molecule has 1 aliphatic heterocycles. The molecule has 15 nitrogen and oxygen atoms in total. The predicted molar refractivity (Wildman–Crippen MR) is 214 cm³/mol. The van der Waals surface area contributed by atoms with Crippen LogP contribution in [0, 0.1) is 17.9 Å². The number of phosphoric acid groups is 1. The molecule has 1 saturated heterocycles. The Morgan fingerprint density at radius 1 is 0.982 bits per heavy atom. The molecule has 56 heavy (non-hydrogen) atoms. The van der Waals surface area contributed by atoms with Gasteiger partial charge in [-0.25, -0.2) is 13.9 Å². The molecule has 16 heteroatoms. The Morgan fingerprint density at radius 2 is 1.62 bits per heavy atom. The van der Waals surface area contributed by atoms with Crippen molar-refractivity contribution in [2.24, 2.45) is 0 Å². The third kappa shape index (κ3) is 13.5. The van der Waals surface area contributed by atoms with Gasteiger partial charge in [0.25, 0.3) is 0 Å². The van der Waals surface area contributed by atoms with Crippen LogP contribution in [0.2, 0.25) is 0 Å². The smallest absolute Gasteiger partial charge is 0.397 e. The van der Waals surface area contributed by atoms with E-state index in [-0.39, 0.29) is 18.9 Å². The summed E-state index contributed by atoms with van der Waals surface area (Å²) >= 11 is 0. The molecule has 0 radical (unpaired) electrons. The zero-order valence-electron chi connectivity index (χ0n) is 32.6. The van der Waals surface area contributed by atoms with Crippen LogP contribution in [0.4, 0.5) is 17.2 Å². The van der Waals surface area contributed by atoms with Gasteiger partial charge in [-0.05, 0) is 30.7 Å². The number of aliphatic hydroxyl groups excluding tert-OH is 2. The van der Waals surface area contributed by atoms with E-state index < -0.39 is 44.4 Å². The fourth-order valence-corrected chi connectivity index (χ4v) is 7.66. The number of nitrogens with one attached hydrogen (secondary N) is 1. The summed E-state index contributed by atoms with van der Waals surface area (Å²) < 4.78 is 36.6. The Bertz CT molecular complexity index is 1730. The largest absolute Gasteiger partial charge is 0.472 e. The quantitative estimate of drug-likeness (QED) is 0.0273. The molecule has 3 aromatic rings. The van der Waals surface area contributed by atoms with Crippen molar-refractivity contribution in [3.05, 3.63) is 59.8 Å². The number of rotatable bonds is 28. The number of unbranched alkanes of at least 4 members (excludes halogenated alkanes) is 15. The van der Waals surface area contributed by atoms with Gasteiger partial charge in [0.05, 0.1) is 49.3 Å². The lowest BCUT2D eigenvalue weighted by Crippen LogP contribution is -2.41. The Balaban J connectivity index is 1.18. The highest BCUT2D eigenvalue weighted by Crippen LogP contribution is 2.46. The lowest BCUT2D eigenvalue weighted by atomic mass is 9.92. The number of nitrogens with zero attached hydrogens (tertiary/aromatic N) is 5. The summed E-state index contributed by atoms with van der Waals surface area (Å²) in [6, 6.07) is 9.21. The van der Waals surface area contributed by atoms with E-state index in [1.165, 1.54) is 106 Å². The molecule has 6 atom stereocenters. The fourth-order valence-electron chi connectivity index (χ4n) is 6.88. The van der Waals surface area contributed by atoms with Crippen molar-refractivity contribution >= 4 is 30.5 Å². The maximum Gasteiger partial charge on any atom is 0.472 e. The van der Waals surface area contributed by atoms with Crippen LogP contribution in [-0.2, 0) is 28.7 Å². The number of pyridine rings is 1. The van der Waals surface area contributed by atoms with E-state index >= 15 is 0 Å². The molecule has 4 rings (SSSR count). The van der Waals surface area contributed by atoms with Crippen LogP contribution in [-0.4, -0.2) is 80.5 Å². The fraction of sp³-hybridized carbons (Fsp3) is 0.650. The van der Waals surface area contributed by atoms with Gasteiger partial charge >= 0.3 is 7.82 Å². The van der Waals surface area contributed by atoms with Crippen LogP contribution in [0.25, 0.3) is 10.4 Å². The zero-order chi connectivity index (χ0) is 40.2. The molecule has 1 unspecified atom stereocenters. The molecular formula is C40H60N7O8P. The van der Waals surface area contributed by atoms with Crippen LogP contribution >= 0.6 is 7.82 Å². The Kier molecular flexibility index (Phi) is 19.0. The third-order valence-electron chi connectivity index (χ3n) is 10.1. The molecule has 3 aromatic heterocycles. The van der Waals surface area contributed by atoms with Gasteiger partial charge in [-0.2, -0.15) is 10.4 Å². The first-order valence-corrected chi connectivity index (χ1v) is 21.6. The van der Waals surface area contributed by atoms with Crippen molar-refractivity contribution in [1.82, 2.24) is 14.6 Å². The number of nitrogens with two attached hydrogens (primary N) is 1. The molecular weight excluding hydrogens is 737 g/mol. The lowest BCUT2D eigenvalue weighted by Gasteiger charge is -2.24. The van der Waals surface area contributed by atoms with Crippen molar-refractivity contribution in [2.75, 3.05) is 37.5 Å². The number of anilines is 2. The number of nitrogen functional groups attached to an aromatic ring is 1. The number of aliphatic hydroxyl groups is 2. The maximum absolute atomic E-state index is 13.0. The average molecular weight is 798 g/mol. The van der Waals surface area contributed by atoms with Crippen molar-refractivity contribution < 1.29 is 38.2 Å². The molecule has 1 aliphatic rings. The monoisotopic (exact) mass is 797 g/mol. The summed E-state index contributed by atoms with van der Waals surface area (Å²) in [6.07, 6.45) is 18.5. The van der Waals surface area contributed by atoms with Crippen molar-refractivity contribution in [3.63, 3.8) is 0 Å². The highest BCUT2D eigenvalue weighted by molar-refractivity contribution is 7.47. The molecule has 6 N–H and O–H groups in total. The second kappa shape index (κ2) is 23.6. The van der Waals surface area contributed by atoms with Crippen molar-refractivity contribution in [2.45, 2.75) is 140 Å². The minimum atomic E-state index is -4.74. The van der Waals surface area contributed by atoms with Crippen LogP contribution in [0.15, 0.2) is 42.7 Å². The van der Waals surface area contributed by atoms with Gasteiger partial charge in [-0.15, -0.1) is 0 Å². The van der Waals surface area contributed by atoms with E-state index in [0.29, 0.717) is 29.3 Å². The molecule has 0 aliphatic carbocycles. The minimum Gasteiger partial charge on any atom is -0.397 e. The number of phosphoric ester groups is 1. The van der Waals surface area contributed by atoms with Gasteiger partial charge in [0, 0.05) is 19.0 Å². The van der Waals surface area contributed by atoms with Gasteiger partial charge in [0.1, 0.15) is 30.2 Å². The normalized spacial score (nSPS) is 21.1. The SMILES string of the molecule is [C-]#[N+]c1ccc(N[C@H](COCCCCCCCCCCCCCCCCCC)COP(=O)(O)OC[C@H]2O[C@@](C#N)(c3ccc4c(N)ccnn34)[C@H](O)[C@@H]2O)nc1. The van der Waals surface area contributed by atoms with Crippen LogP contribution in [0.3, 0.4) is 0 Å². The molecule has 0 saturated carbocycles. The number of fused-ring (bicyclic) bond motifs is 1. The molecule has 0 amide bonds. The first-order valence-electron chi connectivity index (χ1n) is 20.1. The average Bonchev–Trinajstić information content (AvgIpc) is 3.75. The van der Waals surface area contributed by atoms with E-state index in [4.69, 9.17) is 30.8 Å². The number of ether oxygens (including phenoxy) is 2.